The van der Waals surface area contributed by atoms with Crippen LogP contribution in [0.1, 0.15) is 67.9 Å². The van der Waals surface area contributed by atoms with Crippen LogP contribution in [0, 0.1) is 6.92 Å². The molecule has 0 spiro atoms. The quantitative estimate of drug-likeness (QED) is 0.140. The number of esters is 1. The van der Waals surface area contributed by atoms with Gasteiger partial charge in [-0.2, -0.15) is 0 Å². The maximum Gasteiger partial charge on any atom is 0.307 e. The van der Waals surface area contributed by atoms with Gasteiger partial charge in [0.1, 0.15) is 12.1 Å². The molecule has 0 saturated carbocycles. The summed E-state index contributed by atoms with van der Waals surface area (Å²) in [5, 5.41) is 9.21. The Bertz CT molecular complexity index is 1480. The molecule has 0 saturated heterocycles. The highest BCUT2D eigenvalue weighted by Crippen LogP contribution is 2.39. The molecule has 0 aliphatic heterocycles. The van der Waals surface area contributed by atoms with Gasteiger partial charge >= 0.3 is 5.97 Å². The van der Waals surface area contributed by atoms with E-state index in [2.05, 4.69) is 69.3 Å². The molecule has 0 fully saturated rings. The lowest BCUT2D eigenvalue weighted by atomic mass is 9.86. The van der Waals surface area contributed by atoms with Crippen molar-refractivity contribution in [1.82, 2.24) is 15.0 Å². The highest BCUT2D eigenvalue weighted by atomic mass is 35.5. The minimum absolute atomic E-state index is 0.114. The number of aromatic nitrogens is 3. The van der Waals surface area contributed by atoms with E-state index in [1.807, 2.05) is 54.1 Å². The molecule has 3 aromatic carbocycles. The van der Waals surface area contributed by atoms with Gasteiger partial charge in [-0.15, -0.1) is 5.10 Å². The van der Waals surface area contributed by atoms with Crippen LogP contribution in [-0.2, 0) is 33.7 Å². The number of rotatable bonds is 10. The van der Waals surface area contributed by atoms with Crippen LogP contribution < -0.4 is 0 Å². The van der Waals surface area contributed by atoms with Gasteiger partial charge in [0.15, 0.2) is 8.32 Å². The first-order valence-corrected chi connectivity index (χ1v) is 17.1. The predicted molar refractivity (Wildman–Crippen MR) is 164 cm³/mol. The molecular formula is C32H40ClN3O3Si. The van der Waals surface area contributed by atoms with Crippen molar-refractivity contribution < 1.29 is 14.0 Å². The van der Waals surface area contributed by atoms with Crippen LogP contribution in [0.5, 0.6) is 0 Å². The van der Waals surface area contributed by atoms with Gasteiger partial charge in [0.2, 0.25) is 0 Å². The average Bonchev–Trinajstić information content (AvgIpc) is 3.35. The summed E-state index contributed by atoms with van der Waals surface area (Å²) < 4.78 is 14.1. The van der Waals surface area contributed by atoms with Gasteiger partial charge in [-0.05, 0) is 65.9 Å². The molecule has 0 bridgehead atoms. The van der Waals surface area contributed by atoms with Gasteiger partial charge in [-0.3, -0.25) is 4.79 Å². The zero-order valence-electron chi connectivity index (χ0n) is 24.6. The van der Waals surface area contributed by atoms with Crippen LogP contribution in [-0.4, -0.2) is 29.3 Å². The number of nitrogens with zero attached hydrogens (tertiary/aromatic N) is 3. The molecule has 4 aromatic rings. The Morgan fingerprint density at radius 1 is 1.05 bits per heavy atom. The van der Waals surface area contributed by atoms with Gasteiger partial charge in [-0.25, -0.2) is 4.68 Å². The summed E-state index contributed by atoms with van der Waals surface area (Å²) in [6, 6.07) is 20.0. The highest BCUT2D eigenvalue weighted by molar-refractivity contribution is 6.74. The number of hydrogen-bond donors (Lipinski definition) is 0. The summed E-state index contributed by atoms with van der Waals surface area (Å²) in [6.07, 6.45) is 0.144. The van der Waals surface area contributed by atoms with Crippen molar-refractivity contribution in [3.63, 3.8) is 0 Å². The van der Waals surface area contributed by atoms with Crippen molar-refractivity contribution in [2.45, 2.75) is 84.8 Å². The minimum atomic E-state index is -1.94. The van der Waals surface area contributed by atoms with Gasteiger partial charge < -0.3 is 9.16 Å². The number of hydrogen-bond acceptors (Lipinski definition) is 5. The molecule has 0 N–H and O–H groups in total. The van der Waals surface area contributed by atoms with Crippen molar-refractivity contribution in [1.29, 1.82) is 0 Å². The third kappa shape index (κ3) is 6.65. The Hall–Kier alpha value is -3.00. The minimum Gasteiger partial charge on any atom is -0.461 e. The van der Waals surface area contributed by atoms with Crippen LogP contribution in [0.2, 0.25) is 23.2 Å². The van der Waals surface area contributed by atoms with Crippen molar-refractivity contribution in [2.75, 3.05) is 0 Å². The zero-order chi connectivity index (χ0) is 29.1. The second-order valence-corrected chi connectivity index (χ2v) is 17.1. The third-order valence-electron chi connectivity index (χ3n) is 8.11. The highest BCUT2D eigenvalue weighted by Gasteiger charge is 2.37. The van der Waals surface area contributed by atoms with E-state index in [1.165, 1.54) is 0 Å². The monoisotopic (exact) mass is 577 g/mol. The van der Waals surface area contributed by atoms with Crippen LogP contribution in [0.4, 0.5) is 0 Å². The molecule has 1 heterocycles. The van der Waals surface area contributed by atoms with Gasteiger partial charge in [-0.1, -0.05) is 92.2 Å². The Kier molecular flexibility index (Phi) is 9.18. The molecule has 0 radical (unpaired) electrons. The summed E-state index contributed by atoms with van der Waals surface area (Å²) in [6.45, 7) is 16.8. The molecule has 212 valence electrons. The molecule has 1 unspecified atom stereocenters. The van der Waals surface area contributed by atoms with E-state index in [-0.39, 0.29) is 30.0 Å². The fourth-order valence-electron chi connectivity index (χ4n) is 4.43. The largest absolute Gasteiger partial charge is 0.461 e. The average molecular weight is 578 g/mol. The molecule has 1 aromatic heterocycles. The number of carbonyl (C=O) groups is 1. The van der Waals surface area contributed by atoms with Crippen LogP contribution in [0.3, 0.4) is 0 Å². The van der Waals surface area contributed by atoms with Crippen LogP contribution >= 0.6 is 11.6 Å². The topological polar surface area (TPSA) is 66.2 Å². The van der Waals surface area contributed by atoms with Crippen LogP contribution in [0.15, 0.2) is 60.7 Å². The fraction of sp³-hybridized carbons (Fsp3) is 0.406. The molecular weight excluding hydrogens is 538 g/mol. The summed E-state index contributed by atoms with van der Waals surface area (Å²) in [4.78, 5) is 13.2. The normalized spacial score (nSPS) is 13.0. The zero-order valence-corrected chi connectivity index (χ0v) is 26.4. The lowest BCUT2D eigenvalue weighted by Gasteiger charge is -2.36. The predicted octanol–water partition coefficient (Wildman–Crippen LogP) is 8.20. The third-order valence-corrected chi connectivity index (χ3v) is 13.0. The Labute approximate surface area is 243 Å². The van der Waals surface area contributed by atoms with E-state index in [1.54, 1.807) is 0 Å². The molecule has 0 aliphatic carbocycles. The molecule has 4 rings (SSSR count). The van der Waals surface area contributed by atoms with E-state index in [0.717, 1.165) is 33.3 Å². The summed E-state index contributed by atoms with van der Waals surface area (Å²) in [5.41, 5.74) is 6.53. The molecule has 8 heteroatoms. The Balaban J connectivity index is 1.68. The van der Waals surface area contributed by atoms with E-state index < -0.39 is 8.32 Å². The summed E-state index contributed by atoms with van der Waals surface area (Å²) in [7, 11) is -1.94. The first-order valence-electron chi connectivity index (χ1n) is 13.9. The number of carbonyl (C=O) groups excluding carboxylic acids is 1. The first-order chi connectivity index (χ1) is 18.9. The molecule has 0 aliphatic rings. The lowest BCUT2D eigenvalue weighted by molar-refractivity contribution is -0.145. The lowest BCUT2D eigenvalue weighted by Crippen LogP contribution is -2.40. The maximum absolute atomic E-state index is 13.2. The van der Waals surface area contributed by atoms with Crippen molar-refractivity contribution in [3.8, 4) is 0 Å². The van der Waals surface area contributed by atoms with Gasteiger partial charge in [0.05, 0.1) is 23.6 Å². The standard InChI is InChI=1S/C32H40ClN3O3Si/c1-8-36-28-17-16-26(30(33)31(28)34-35-36)27(19-29(37)38-20-23-12-10-9-11-13-23)24-15-14-22(2)25(18-24)21-39-40(6,7)32(3,4)5/h9-18,27H,8,19-21H2,1-7H3. The number of ether oxygens (including phenoxy) is 1. The van der Waals surface area contributed by atoms with Crippen molar-refractivity contribution in [2.24, 2.45) is 0 Å². The van der Waals surface area contributed by atoms with Crippen LogP contribution in [0.25, 0.3) is 11.0 Å². The number of fused-ring (bicyclic) bond motifs is 1. The fourth-order valence-corrected chi connectivity index (χ4v) is 5.71. The summed E-state index contributed by atoms with van der Waals surface area (Å²) >= 11 is 6.97. The van der Waals surface area contributed by atoms with E-state index in [9.17, 15) is 4.79 Å². The first kappa shape index (κ1) is 30.0. The maximum atomic E-state index is 13.2. The van der Waals surface area contributed by atoms with Gasteiger partial charge in [0, 0.05) is 12.5 Å². The van der Waals surface area contributed by atoms with Crippen molar-refractivity contribution >= 4 is 36.9 Å². The van der Waals surface area contributed by atoms with E-state index in [0.29, 0.717) is 23.7 Å². The SMILES string of the molecule is CCn1nnc2c(Cl)c(C(CC(=O)OCc3ccccc3)c3ccc(C)c(CO[Si](C)(C)C(C)(C)C)c3)ccc21. The second kappa shape index (κ2) is 12.2. The van der Waals surface area contributed by atoms with Gasteiger partial charge in [0.25, 0.3) is 0 Å². The Morgan fingerprint density at radius 3 is 2.45 bits per heavy atom. The smallest absolute Gasteiger partial charge is 0.307 e. The number of halogens is 1. The molecule has 0 amide bonds. The van der Waals surface area contributed by atoms with E-state index in [4.69, 9.17) is 20.8 Å². The molecule has 40 heavy (non-hydrogen) atoms. The molecule has 1 atom stereocenters. The molecule has 6 nitrogen and oxygen atoms in total. The second-order valence-electron chi connectivity index (χ2n) is 11.9. The van der Waals surface area contributed by atoms with Crippen molar-refractivity contribution in [3.05, 3.63) is 93.5 Å². The summed E-state index contributed by atoms with van der Waals surface area (Å²) in [5.74, 6) is -0.610. The number of aryl methyl sites for hydroxylation is 2. The Morgan fingerprint density at radius 2 is 1.77 bits per heavy atom. The number of benzene rings is 3. The van der Waals surface area contributed by atoms with E-state index >= 15 is 0 Å².